The molecule has 1 aliphatic carbocycles. The third-order valence-corrected chi connectivity index (χ3v) is 4.26. The van der Waals surface area contributed by atoms with Gasteiger partial charge in [-0.3, -0.25) is 14.5 Å². The first-order chi connectivity index (χ1) is 10.0. The molecular weight excluding hydrogens is 278 g/mol. The molecule has 1 aliphatic heterocycles. The smallest absolute Gasteiger partial charge is 0.253 e. The van der Waals surface area contributed by atoms with Crippen LogP contribution >= 0.6 is 0 Å². The molecule has 0 radical (unpaired) electrons. The van der Waals surface area contributed by atoms with Gasteiger partial charge in [-0.25, -0.2) is 8.78 Å². The van der Waals surface area contributed by atoms with Gasteiger partial charge in [0.15, 0.2) is 11.6 Å². The van der Waals surface area contributed by atoms with Gasteiger partial charge in [0.25, 0.3) is 5.91 Å². The Morgan fingerprint density at radius 3 is 2.52 bits per heavy atom. The molecule has 1 aromatic carbocycles. The number of amides is 2. The second-order valence-electron chi connectivity index (χ2n) is 5.66. The minimum Gasteiger partial charge on any atom is -0.340 e. The number of hydrogen-bond donors (Lipinski definition) is 1. The predicted molar refractivity (Wildman–Crippen MR) is 72.7 cm³/mol. The van der Waals surface area contributed by atoms with Crippen molar-refractivity contribution in [3.8, 4) is 0 Å². The van der Waals surface area contributed by atoms with Crippen molar-refractivity contribution in [3.63, 3.8) is 0 Å². The third-order valence-electron chi connectivity index (χ3n) is 4.26. The fourth-order valence-corrected chi connectivity index (χ4v) is 3.22. The van der Waals surface area contributed by atoms with Crippen molar-refractivity contribution in [2.24, 2.45) is 0 Å². The molecule has 1 aromatic rings. The Hall–Kier alpha value is -1.98. The Labute approximate surface area is 121 Å². The first-order valence-electron chi connectivity index (χ1n) is 7.10. The minimum absolute atomic E-state index is 0.167. The summed E-state index contributed by atoms with van der Waals surface area (Å²) in [6.45, 7) is -0.277. The Bertz CT molecular complexity index is 597. The summed E-state index contributed by atoms with van der Waals surface area (Å²) in [5.74, 6) is -2.79. The maximum atomic E-state index is 13.9. The molecule has 1 heterocycles. The Balaban J connectivity index is 2.00. The van der Waals surface area contributed by atoms with Gasteiger partial charge in [-0.2, -0.15) is 0 Å². The lowest BCUT2D eigenvalue weighted by Crippen LogP contribution is -2.67. The van der Waals surface area contributed by atoms with Gasteiger partial charge in [0.2, 0.25) is 5.91 Å². The molecule has 1 N–H and O–H groups in total. The fourth-order valence-electron chi connectivity index (χ4n) is 3.22. The molecule has 0 bridgehead atoms. The van der Waals surface area contributed by atoms with Crippen LogP contribution in [0.15, 0.2) is 18.2 Å². The van der Waals surface area contributed by atoms with Crippen LogP contribution in [0.3, 0.4) is 0 Å². The number of nitrogens with zero attached hydrogens (tertiary/aromatic N) is 1. The standard InChI is InChI=1S/C15H16F2N2O2/c16-10-5-4-6-11(13(10)17)19-9-12(20)18-15(14(19)21)7-2-1-3-8-15/h4-6H,1-3,7-9H2,(H,18,20). The van der Waals surface area contributed by atoms with Crippen LogP contribution in [-0.2, 0) is 9.59 Å². The van der Waals surface area contributed by atoms with Gasteiger partial charge in [-0.1, -0.05) is 25.3 Å². The molecule has 2 amide bonds. The summed E-state index contributed by atoms with van der Waals surface area (Å²) >= 11 is 0. The highest BCUT2D eigenvalue weighted by Gasteiger charge is 2.48. The number of anilines is 1. The first-order valence-corrected chi connectivity index (χ1v) is 7.10. The summed E-state index contributed by atoms with van der Waals surface area (Å²) in [4.78, 5) is 25.7. The SMILES string of the molecule is O=C1CN(c2cccc(F)c2F)C(=O)C2(CCCCC2)N1. The lowest BCUT2D eigenvalue weighted by molar-refractivity contribution is -0.137. The highest BCUT2D eigenvalue weighted by atomic mass is 19.2. The van der Waals surface area contributed by atoms with Crippen LogP contribution in [-0.4, -0.2) is 23.9 Å². The van der Waals surface area contributed by atoms with E-state index in [-0.39, 0.29) is 24.0 Å². The number of piperazine rings is 1. The van der Waals surface area contributed by atoms with Crippen molar-refractivity contribution in [1.82, 2.24) is 5.32 Å². The molecule has 0 unspecified atom stereocenters. The quantitative estimate of drug-likeness (QED) is 0.862. The summed E-state index contributed by atoms with van der Waals surface area (Å²) < 4.78 is 27.3. The molecule has 3 rings (SSSR count). The van der Waals surface area contributed by atoms with Crippen molar-refractivity contribution in [3.05, 3.63) is 29.8 Å². The normalized spacial score (nSPS) is 21.5. The van der Waals surface area contributed by atoms with Crippen molar-refractivity contribution >= 4 is 17.5 Å². The van der Waals surface area contributed by atoms with Gasteiger partial charge >= 0.3 is 0 Å². The molecule has 21 heavy (non-hydrogen) atoms. The Morgan fingerprint density at radius 1 is 1.10 bits per heavy atom. The fraction of sp³-hybridized carbons (Fsp3) is 0.467. The number of benzene rings is 1. The third kappa shape index (κ3) is 2.28. The van der Waals surface area contributed by atoms with Crippen LogP contribution in [0.1, 0.15) is 32.1 Å². The summed E-state index contributed by atoms with van der Waals surface area (Å²) in [6.07, 6.45) is 3.78. The van der Waals surface area contributed by atoms with Gasteiger partial charge in [-0.05, 0) is 25.0 Å². The minimum atomic E-state index is -1.09. The zero-order chi connectivity index (χ0) is 15.0. The van der Waals surface area contributed by atoms with E-state index in [2.05, 4.69) is 5.32 Å². The van der Waals surface area contributed by atoms with Gasteiger partial charge in [0.1, 0.15) is 12.1 Å². The van der Waals surface area contributed by atoms with Crippen molar-refractivity contribution < 1.29 is 18.4 Å². The van der Waals surface area contributed by atoms with Crippen molar-refractivity contribution in [2.45, 2.75) is 37.6 Å². The molecule has 0 atom stereocenters. The molecule has 2 aliphatic rings. The van der Waals surface area contributed by atoms with Crippen molar-refractivity contribution in [1.29, 1.82) is 0 Å². The van der Waals surface area contributed by atoms with Gasteiger partial charge < -0.3 is 5.32 Å². The zero-order valence-electron chi connectivity index (χ0n) is 11.5. The second-order valence-corrected chi connectivity index (χ2v) is 5.66. The molecule has 112 valence electrons. The molecular formula is C15H16F2N2O2. The maximum Gasteiger partial charge on any atom is 0.253 e. The van der Waals surface area contributed by atoms with E-state index in [1.165, 1.54) is 12.1 Å². The number of carbonyl (C=O) groups is 2. The topological polar surface area (TPSA) is 49.4 Å². The number of nitrogens with one attached hydrogen (secondary N) is 1. The van der Waals surface area contributed by atoms with E-state index in [1.807, 2.05) is 0 Å². The molecule has 1 spiro atoms. The van der Waals surface area contributed by atoms with E-state index in [4.69, 9.17) is 0 Å². The summed E-state index contributed by atoms with van der Waals surface area (Å²) in [5.41, 5.74) is -1.12. The maximum absolute atomic E-state index is 13.9. The zero-order valence-corrected chi connectivity index (χ0v) is 11.5. The van der Waals surface area contributed by atoms with Crippen LogP contribution in [0.25, 0.3) is 0 Å². The average molecular weight is 294 g/mol. The van der Waals surface area contributed by atoms with E-state index in [9.17, 15) is 18.4 Å². The van der Waals surface area contributed by atoms with Gasteiger partial charge in [0, 0.05) is 0 Å². The Kier molecular flexibility index (Phi) is 3.39. The number of hydrogen-bond acceptors (Lipinski definition) is 2. The van der Waals surface area contributed by atoms with E-state index in [0.29, 0.717) is 12.8 Å². The van der Waals surface area contributed by atoms with Crippen LogP contribution in [0.4, 0.5) is 14.5 Å². The van der Waals surface area contributed by atoms with E-state index >= 15 is 0 Å². The van der Waals surface area contributed by atoms with Gasteiger partial charge in [-0.15, -0.1) is 0 Å². The first kappa shape index (κ1) is 14.0. The largest absolute Gasteiger partial charge is 0.340 e. The van der Waals surface area contributed by atoms with Crippen LogP contribution in [0.5, 0.6) is 0 Å². The summed E-state index contributed by atoms with van der Waals surface area (Å²) in [5, 5.41) is 2.77. The van der Waals surface area contributed by atoms with Gasteiger partial charge in [0.05, 0.1) is 5.69 Å². The highest BCUT2D eigenvalue weighted by molar-refractivity contribution is 6.09. The molecule has 1 saturated heterocycles. The molecule has 2 fully saturated rings. The number of carbonyl (C=O) groups excluding carboxylic acids is 2. The molecule has 1 saturated carbocycles. The lowest BCUT2D eigenvalue weighted by Gasteiger charge is -2.44. The number of halogens is 2. The number of rotatable bonds is 1. The molecule has 6 heteroatoms. The lowest BCUT2D eigenvalue weighted by atomic mass is 9.79. The summed E-state index contributed by atoms with van der Waals surface area (Å²) in [7, 11) is 0. The van der Waals surface area contributed by atoms with E-state index < -0.39 is 17.2 Å². The molecule has 4 nitrogen and oxygen atoms in total. The monoisotopic (exact) mass is 294 g/mol. The highest BCUT2D eigenvalue weighted by Crippen LogP contribution is 2.34. The van der Waals surface area contributed by atoms with Crippen molar-refractivity contribution in [2.75, 3.05) is 11.4 Å². The predicted octanol–water partition coefficient (Wildman–Crippen LogP) is 2.13. The second kappa shape index (κ2) is 5.09. The van der Waals surface area contributed by atoms with Crippen LogP contribution in [0.2, 0.25) is 0 Å². The summed E-state index contributed by atoms with van der Waals surface area (Å²) in [6, 6.07) is 3.65. The molecule has 0 aromatic heterocycles. The average Bonchev–Trinajstić information content (AvgIpc) is 2.47. The van der Waals surface area contributed by atoms with Crippen LogP contribution < -0.4 is 10.2 Å². The Morgan fingerprint density at radius 2 is 1.81 bits per heavy atom. The van der Waals surface area contributed by atoms with Crippen LogP contribution in [0, 0.1) is 11.6 Å². The van der Waals surface area contributed by atoms with E-state index in [1.54, 1.807) is 0 Å². The van der Waals surface area contributed by atoms with E-state index in [0.717, 1.165) is 30.2 Å².